The average molecular weight is 424 g/mol. The molecule has 1 saturated carbocycles. The molecule has 1 aliphatic carbocycles. The number of ether oxygens (including phenoxy) is 1. The van der Waals surface area contributed by atoms with Gasteiger partial charge in [0.1, 0.15) is 16.5 Å². The van der Waals surface area contributed by atoms with E-state index in [0.717, 1.165) is 4.68 Å². The molecule has 3 aromatic heterocycles. The zero-order valence-corrected chi connectivity index (χ0v) is 15.7. The van der Waals surface area contributed by atoms with E-state index in [2.05, 4.69) is 16.2 Å². The Morgan fingerprint density at radius 2 is 2.14 bits per heavy atom. The summed E-state index contributed by atoms with van der Waals surface area (Å²) >= 11 is 5.85. The summed E-state index contributed by atoms with van der Waals surface area (Å²) < 4.78 is 46.1. The molecule has 0 radical (unpaired) electrons. The molecule has 1 fully saturated rings. The second-order valence-corrected chi connectivity index (χ2v) is 7.04. The first-order chi connectivity index (χ1) is 13.7. The van der Waals surface area contributed by atoms with E-state index in [1.54, 1.807) is 12.1 Å². The number of nitriles is 1. The lowest BCUT2D eigenvalue weighted by molar-refractivity contribution is -0.141. The molecule has 0 bridgehead atoms. The Morgan fingerprint density at radius 3 is 2.72 bits per heavy atom. The minimum atomic E-state index is -4.63. The molecule has 150 valence electrons. The van der Waals surface area contributed by atoms with Gasteiger partial charge < -0.3 is 4.74 Å². The van der Waals surface area contributed by atoms with Crippen LogP contribution >= 0.6 is 11.6 Å². The number of methoxy groups -OCH3 is 1. The molecule has 0 saturated heterocycles. The van der Waals surface area contributed by atoms with Crippen molar-refractivity contribution in [3.8, 4) is 11.8 Å². The number of pyridine rings is 1. The van der Waals surface area contributed by atoms with E-state index in [4.69, 9.17) is 21.6 Å². The molecule has 29 heavy (non-hydrogen) atoms. The van der Waals surface area contributed by atoms with Crippen LogP contribution in [0, 0.1) is 17.2 Å². The molecule has 11 heteroatoms. The Balaban J connectivity index is 1.77. The van der Waals surface area contributed by atoms with Gasteiger partial charge in [0.15, 0.2) is 5.69 Å². The van der Waals surface area contributed by atoms with Crippen LogP contribution in [0.25, 0.3) is 5.65 Å². The second-order valence-electron chi connectivity index (χ2n) is 6.65. The lowest BCUT2D eigenvalue weighted by Gasteiger charge is -2.13. The molecule has 3 heterocycles. The molecule has 0 amide bonds. The van der Waals surface area contributed by atoms with Crippen molar-refractivity contribution in [1.82, 2.24) is 19.2 Å². The fourth-order valence-corrected chi connectivity index (χ4v) is 3.49. The molecule has 0 spiro atoms. The summed E-state index contributed by atoms with van der Waals surface area (Å²) in [5.41, 5.74) is -0.481. The van der Waals surface area contributed by atoms with Crippen molar-refractivity contribution < 1.29 is 17.9 Å². The van der Waals surface area contributed by atoms with E-state index in [1.807, 2.05) is 0 Å². The van der Waals surface area contributed by atoms with Crippen molar-refractivity contribution in [2.45, 2.75) is 25.1 Å². The highest BCUT2D eigenvalue weighted by Gasteiger charge is 2.42. The van der Waals surface area contributed by atoms with Crippen molar-refractivity contribution in [3.63, 3.8) is 0 Å². The lowest BCUT2D eigenvalue weighted by atomic mass is 10.2. The molecule has 0 aromatic carbocycles. The maximum absolute atomic E-state index is 12.8. The van der Waals surface area contributed by atoms with Gasteiger partial charge >= 0.3 is 6.18 Å². The van der Waals surface area contributed by atoms with E-state index in [-0.39, 0.29) is 29.2 Å². The standard InChI is InChI=1S/C18H13ClF3N5O2/c1-29-12-2-3-15-24-10(8-26-14(19)6-13(25-26)18(20,21)22)5-16(28)27(15)17(12)11-4-9(11)7-23/h2-3,5-6,9,11H,4,8H2,1H3/t9-,11+/m1/s1. The van der Waals surface area contributed by atoms with Gasteiger partial charge in [-0.25, -0.2) is 9.67 Å². The SMILES string of the molecule is COc1ccc2nc(Cn3nc(C(F)(F)F)cc3Cl)cc(=O)n2c1[C@H]1C[C@@H]1C#N. The fourth-order valence-electron chi connectivity index (χ4n) is 3.29. The predicted molar refractivity (Wildman–Crippen MR) is 95.8 cm³/mol. The van der Waals surface area contributed by atoms with Gasteiger partial charge in [-0.05, 0) is 18.6 Å². The first-order valence-corrected chi connectivity index (χ1v) is 8.90. The Kier molecular flexibility index (Phi) is 4.50. The van der Waals surface area contributed by atoms with E-state index in [0.29, 0.717) is 29.6 Å². The summed E-state index contributed by atoms with van der Waals surface area (Å²) in [6.07, 6.45) is -4.01. The first kappa shape index (κ1) is 19.3. The summed E-state index contributed by atoms with van der Waals surface area (Å²) in [7, 11) is 1.47. The van der Waals surface area contributed by atoms with E-state index >= 15 is 0 Å². The molecular formula is C18H13ClF3N5O2. The van der Waals surface area contributed by atoms with Crippen molar-refractivity contribution in [3.05, 3.63) is 56.9 Å². The van der Waals surface area contributed by atoms with Crippen molar-refractivity contribution >= 4 is 17.2 Å². The molecular weight excluding hydrogens is 411 g/mol. The van der Waals surface area contributed by atoms with Crippen LogP contribution in [-0.4, -0.2) is 26.3 Å². The topological polar surface area (TPSA) is 85.2 Å². The van der Waals surface area contributed by atoms with E-state index in [9.17, 15) is 18.0 Å². The minimum absolute atomic E-state index is 0.140. The average Bonchev–Trinajstić information content (AvgIpc) is 3.35. The van der Waals surface area contributed by atoms with Crippen LogP contribution in [-0.2, 0) is 12.7 Å². The molecule has 3 aromatic rings. The van der Waals surface area contributed by atoms with Gasteiger partial charge in [-0.15, -0.1) is 0 Å². The molecule has 0 unspecified atom stereocenters. The highest BCUT2D eigenvalue weighted by atomic mass is 35.5. The quantitative estimate of drug-likeness (QED) is 0.643. The normalized spacial score (nSPS) is 18.6. The van der Waals surface area contributed by atoms with Crippen LogP contribution in [0.15, 0.2) is 29.1 Å². The van der Waals surface area contributed by atoms with E-state index < -0.39 is 17.4 Å². The third-order valence-corrected chi connectivity index (χ3v) is 5.04. The minimum Gasteiger partial charge on any atom is -0.495 e. The second kappa shape index (κ2) is 6.77. The Bertz CT molecular complexity index is 1210. The van der Waals surface area contributed by atoms with Crippen LogP contribution in [0.4, 0.5) is 13.2 Å². The van der Waals surface area contributed by atoms with Crippen LogP contribution < -0.4 is 10.3 Å². The van der Waals surface area contributed by atoms with Crippen LogP contribution in [0.3, 0.4) is 0 Å². The zero-order valence-electron chi connectivity index (χ0n) is 14.9. The lowest BCUT2D eigenvalue weighted by Crippen LogP contribution is -2.21. The van der Waals surface area contributed by atoms with Gasteiger partial charge in [0.25, 0.3) is 5.56 Å². The number of hydrogen-bond acceptors (Lipinski definition) is 5. The van der Waals surface area contributed by atoms with Crippen LogP contribution in [0.1, 0.15) is 29.4 Å². The monoisotopic (exact) mass is 423 g/mol. The number of fused-ring (bicyclic) bond motifs is 1. The highest BCUT2D eigenvalue weighted by molar-refractivity contribution is 6.29. The largest absolute Gasteiger partial charge is 0.495 e. The maximum atomic E-state index is 12.8. The smallest absolute Gasteiger partial charge is 0.435 e. The molecule has 0 aliphatic heterocycles. The van der Waals surface area contributed by atoms with Crippen LogP contribution in [0.2, 0.25) is 5.15 Å². The molecule has 7 nitrogen and oxygen atoms in total. The summed E-state index contributed by atoms with van der Waals surface area (Å²) in [5, 5.41) is 12.4. The van der Waals surface area contributed by atoms with Crippen molar-refractivity contribution in [2.24, 2.45) is 5.92 Å². The highest BCUT2D eigenvalue weighted by Crippen LogP contribution is 2.49. The number of nitrogens with zero attached hydrogens (tertiary/aromatic N) is 5. The molecule has 4 rings (SSSR count). The predicted octanol–water partition coefficient (Wildman–Crippen LogP) is 3.25. The third kappa shape index (κ3) is 3.42. The van der Waals surface area contributed by atoms with Gasteiger partial charge in [-0.1, -0.05) is 11.6 Å². The first-order valence-electron chi connectivity index (χ1n) is 8.52. The van der Waals surface area contributed by atoms with E-state index in [1.165, 1.54) is 17.6 Å². The molecule has 0 N–H and O–H groups in total. The van der Waals surface area contributed by atoms with Gasteiger partial charge in [-0.2, -0.15) is 23.5 Å². The number of hydrogen-bond donors (Lipinski definition) is 0. The summed E-state index contributed by atoms with van der Waals surface area (Å²) in [6, 6.07) is 7.33. The summed E-state index contributed by atoms with van der Waals surface area (Å²) in [4.78, 5) is 17.2. The number of halogens is 4. The number of rotatable bonds is 4. The summed E-state index contributed by atoms with van der Waals surface area (Å²) in [6.45, 7) is -0.202. The van der Waals surface area contributed by atoms with Crippen molar-refractivity contribution in [2.75, 3.05) is 7.11 Å². The maximum Gasteiger partial charge on any atom is 0.435 e. The van der Waals surface area contributed by atoms with Gasteiger partial charge in [0, 0.05) is 18.1 Å². The third-order valence-electron chi connectivity index (χ3n) is 4.74. The van der Waals surface area contributed by atoms with Gasteiger partial charge in [-0.3, -0.25) is 9.20 Å². The fraction of sp³-hybridized carbons (Fsp3) is 0.333. The Hall–Kier alpha value is -3.06. The number of alkyl halides is 3. The van der Waals surface area contributed by atoms with Gasteiger partial charge in [0.05, 0.1) is 37.0 Å². The number of aromatic nitrogens is 4. The Morgan fingerprint density at radius 1 is 1.38 bits per heavy atom. The molecule has 2 atom stereocenters. The zero-order chi connectivity index (χ0) is 20.9. The van der Waals surface area contributed by atoms with Crippen molar-refractivity contribution in [1.29, 1.82) is 5.26 Å². The summed E-state index contributed by atoms with van der Waals surface area (Å²) in [5.74, 6) is 0.130. The molecule has 1 aliphatic rings. The van der Waals surface area contributed by atoms with Gasteiger partial charge in [0.2, 0.25) is 0 Å². The van der Waals surface area contributed by atoms with Crippen LogP contribution in [0.5, 0.6) is 5.75 Å². The Labute approximate surface area is 166 Å².